The number of hydrogen-bond donors (Lipinski definition) is 0. The van der Waals surface area contributed by atoms with E-state index in [0.717, 1.165) is 0 Å². The van der Waals surface area contributed by atoms with E-state index in [1.807, 2.05) is 6.07 Å². The molecule has 0 aliphatic rings. The van der Waals surface area contributed by atoms with Crippen LogP contribution in [0.5, 0.6) is 0 Å². The summed E-state index contributed by atoms with van der Waals surface area (Å²) in [4.78, 5) is 0. The van der Waals surface area contributed by atoms with Crippen LogP contribution in [0.1, 0.15) is 5.82 Å². The third kappa shape index (κ3) is 0.540. The molecule has 39 valence electrons. The number of hydrogen-bond acceptors (Lipinski definition) is 3. The molecule has 4 heteroatoms. The highest BCUT2D eigenvalue weighted by atomic mass is 15.2. The van der Waals surface area contributed by atoms with Crippen molar-refractivity contribution in [2.24, 2.45) is 7.05 Å². The molecular formula is C4H3N4. The predicted octanol–water partition coefficient (Wildman–Crippen LogP) is -0.513. The van der Waals surface area contributed by atoms with Gasteiger partial charge in [-0.25, -0.2) is 0 Å². The zero-order valence-corrected chi connectivity index (χ0v) is 4.29. The fourth-order valence-corrected chi connectivity index (χ4v) is 0.349. The second kappa shape index (κ2) is 1.62. The van der Waals surface area contributed by atoms with Gasteiger partial charge in [0, 0.05) is 7.05 Å². The quantitative estimate of drug-likeness (QED) is 0.448. The molecule has 8 heavy (non-hydrogen) atoms. The fraction of sp³-hybridized carbons (Fsp3) is 0.250. The number of nitriles is 1. The van der Waals surface area contributed by atoms with Gasteiger partial charge < -0.3 is 0 Å². The van der Waals surface area contributed by atoms with Gasteiger partial charge in [0.1, 0.15) is 6.07 Å². The number of aryl methyl sites for hydroxylation is 1. The van der Waals surface area contributed by atoms with Gasteiger partial charge in [0.2, 0.25) is 12.2 Å². The van der Waals surface area contributed by atoms with Crippen LogP contribution in [0.3, 0.4) is 0 Å². The lowest BCUT2D eigenvalue weighted by Gasteiger charge is -1.80. The van der Waals surface area contributed by atoms with Gasteiger partial charge in [0.25, 0.3) is 0 Å². The fourth-order valence-electron chi connectivity index (χ4n) is 0.349. The largest absolute Gasteiger partial charge is 0.299 e. The van der Waals surface area contributed by atoms with Gasteiger partial charge in [0.15, 0.2) is 0 Å². The average molecular weight is 107 g/mol. The van der Waals surface area contributed by atoms with Crippen LogP contribution in [0, 0.1) is 17.7 Å². The van der Waals surface area contributed by atoms with E-state index in [0.29, 0.717) is 0 Å². The maximum Gasteiger partial charge on any atom is 0.235 e. The summed E-state index contributed by atoms with van der Waals surface area (Å²) in [5, 5.41) is 15.0. The maximum atomic E-state index is 8.21. The van der Waals surface area contributed by atoms with E-state index >= 15 is 0 Å². The smallest absolute Gasteiger partial charge is 0.235 e. The summed E-state index contributed by atoms with van der Waals surface area (Å²) in [6.45, 7) is 0. The molecule has 0 amide bonds. The maximum absolute atomic E-state index is 8.21. The number of nitrogens with zero attached hydrogens (tertiary/aromatic N) is 4. The van der Waals surface area contributed by atoms with Gasteiger partial charge >= 0.3 is 0 Å². The van der Waals surface area contributed by atoms with Crippen molar-refractivity contribution >= 4 is 0 Å². The van der Waals surface area contributed by atoms with E-state index in [9.17, 15) is 0 Å². The molecule has 0 unspecified atom stereocenters. The minimum atomic E-state index is 0.282. The lowest BCUT2D eigenvalue weighted by atomic mass is 10.7. The normalized spacial score (nSPS) is 8.50. The molecule has 0 aromatic carbocycles. The van der Waals surface area contributed by atoms with E-state index in [1.165, 1.54) is 4.57 Å². The Labute approximate surface area is 46.4 Å². The first-order valence-electron chi connectivity index (χ1n) is 2.02. The predicted molar refractivity (Wildman–Crippen MR) is 24.6 cm³/mol. The van der Waals surface area contributed by atoms with Crippen molar-refractivity contribution in [3.63, 3.8) is 0 Å². The molecule has 1 heterocycles. The molecule has 1 aromatic rings. The summed E-state index contributed by atoms with van der Waals surface area (Å²) >= 11 is 0. The topological polar surface area (TPSA) is 54.5 Å². The van der Waals surface area contributed by atoms with Crippen molar-refractivity contribution in [3.05, 3.63) is 12.2 Å². The molecule has 1 aromatic heterocycles. The number of aromatic nitrogens is 3. The second-order valence-electron chi connectivity index (χ2n) is 1.29. The molecular weight excluding hydrogens is 104 g/mol. The van der Waals surface area contributed by atoms with Crippen molar-refractivity contribution in [3.8, 4) is 6.07 Å². The summed E-state index contributed by atoms with van der Waals surface area (Å²) in [5.74, 6) is 0.282. The highest BCUT2D eigenvalue weighted by Gasteiger charge is 1.94. The standard InChI is InChI=1S/C4H3N4/c1-8-3-6-7-4(8)2-5/h1H3. The van der Waals surface area contributed by atoms with Gasteiger partial charge in [-0.1, -0.05) is 0 Å². The van der Waals surface area contributed by atoms with Crippen LogP contribution in [-0.4, -0.2) is 14.8 Å². The molecule has 4 nitrogen and oxygen atoms in total. The van der Waals surface area contributed by atoms with Crippen LogP contribution < -0.4 is 0 Å². The average Bonchev–Trinajstić information content (AvgIpc) is 2.14. The van der Waals surface area contributed by atoms with Crippen LogP contribution in [0.15, 0.2) is 0 Å². The van der Waals surface area contributed by atoms with Gasteiger partial charge in [-0.05, 0) is 0 Å². The zero-order valence-electron chi connectivity index (χ0n) is 4.29. The Hall–Kier alpha value is -1.37. The molecule has 0 N–H and O–H groups in total. The van der Waals surface area contributed by atoms with Gasteiger partial charge in [-0.3, -0.25) is 4.57 Å². The highest BCUT2D eigenvalue weighted by Crippen LogP contribution is 1.83. The summed E-state index contributed by atoms with van der Waals surface area (Å²) < 4.78 is 1.43. The van der Waals surface area contributed by atoms with E-state index < -0.39 is 0 Å². The van der Waals surface area contributed by atoms with Crippen molar-refractivity contribution in [2.45, 2.75) is 0 Å². The molecule has 0 bridgehead atoms. The SMILES string of the molecule is Cn1[c]nnc1C#N. The summed E-state index contributed by atoms with van der Waals surface area (Å²) in [6, 6.07) is 1.83. The molecule has 0 aliphatic heterocycles. The van der Waals surface area contributed by atoms with E-state index in [-0.39, 0.29) is 5.82 Å². The minimum Gasteiger partial charge on any atom is -0.299 e. The molecule has 1 radical (unpaired) electrons. The summed E-state index contributed by atoms with van der Waals surface area (Å²) in [5.41, 5.74) is 0. The van der Waals surface area contributed by atoms with Crippen LogP contribution in [0.25, 0.3) is 0 Å². The Balaban J connectivity index is 3.15. The zero-order chi connectivity index (χ0) is 5.98. The van der Waals surface area contributed by atoms with Gasteiger partial charge in [-0.15, -0.1) is 10.2 Å². The minimum absolute atomic E-state index is 0.282. The first-order valence-corrected chi connectivity index (χ1v) is 2.02. The van der Waals surface area contributed by atoms with Crippen LogP contribution in [0.2, 0.25) is 0 Å². The highest BCUT2D eigenvalue weighted by molar-refractivity contribution is 5.06. The molecule has 0 atom stereocenters. The van der Waals surface area contributed by atoms with Crippen molar-refractivity contribution in [1.29, 1.82) is 5.26 Å². The Morgan fingerprint density at radius 2 is 2.62 bits per heavy atom. The monoisotopic (exact) mass is 107 g/mol. The first-order chi connectivity index (χ1) is 3.84. The third-order valence-electron chi connectivity index (χ3n) is 0.757. The van der Waals surface area contributed by atoms with Crippen molar-refractivity contribution in [2.75, 3.05) is 0 Å². The van der Waals surface area contributed by atoms with Gasteiger partial charge in [-0.2, -0.15) is 5.26 Å². The summed E-state index contributed by atoms with van der Waals surface area (Å²) in [6.07, 6.45) is 2.45. The molecule has 1 rings (SSSR count). The lowest BCUT2D eigenvalue weighted by Crippen LogP contribution is -1.89. The Bertz CT molecular complexity index is 218. The van der Waals surface area contributed by atoms with Gasteiger partial charge in [0.05, 0.1) is 0 Å². The molecule has 0 aliphatic carbocycles. The molecule has 0 saturated carbocycles. The summed E-state index contributed by atoms with van der Waals surface area (Å²) in [7, 11) is 1.67. The lowest BCUT2D eigenvalue weighted by molar-refractivity contribution is 0.880. The Morgan fingerprint density at radius 3 is 2.88 bits per heavy atom. The van der Waals surface area contributed by atoms with E-state index in [2.05, 4.69) is 16.5 Å². The van der Waals surface area contributed by atoms with E-state index in [4.69, 9.17) is 5.26 Å². The van der Waals surface area contributed by atoms with E-state index in [1.54, 1.807) is 7.05 Å². The van der Waals surface area contributed by atoms with Crippen LogP contribution >= 0.6 is 0 Å². The van der Waals surface area contributed by atoms with Crippen LogP contribution in [0.4, 0.5) is 0 Å². The second-order valence-corrected chi connectivity index (χ2v) is 1.29. The number of rotatable bonds is 0. The molecule has 0 saturated heterocycles. The van der Waals surface area contributed by atoms with Crippen molar-refractivity contribution < 1.29 is 0 Å². The van der Waals surface area contributed by atoms with Crippen molar-refractivity contribution in [1.82, 2.24) is 14.8 Å². The molecule has 0 spiro atoms. The van der Waals surface area contributed by atoms with Crippen LogP contribution in [-0.2, 0) is 7.05 Å². The third-order valence-corrected chi connectivity index (χ3v) is 0.757. The molecule has 0 fully saturated rings. The Kier molecular flexibility index (Phi) is 0.968. The first kappa shape index (κ1) is 4.78. The Morgan fingerprint density at radius 1 is 1.88 bits per heavy atom.